The van der Waals surface area contributed by atoms with E-state index in [9.17, 15) is 4.79 Å². The normalized spacial score (nSPS) is 11.0. The summed E-state index contributed by atoms with van der Waals surface area (Å²) in [6, 6.07) is 15.6. The van der Waals surface area contributed by atoms with E-state index in [-0.39, 0.29) is 11.9 Å². The molecule has 0 radical (unpaired) electrons. The van der Waals surface area contributed by atoms with Crippen molar-refractivity contribution in [2.45, 2.75) is 19.8 Å². The Labute approximate surface area is 156 Å². The lowest BCUT2D eigenvalue weighted by Gasteiger charge is -1.99. The molecule has 0 aliphatic heterocycles. The van der Waals surface area contributed by atoms with Gasteiger partial charge in [-0.05, 0) is 35.3 Å². The molecule has 1 N–H and O–H groups in total. The molecule has 3 rings (SSSR count). The third kappa shape index (κ3) is 4.80. The van der Waals surface area contributed by atoms with Crippen LogP contribution in [0, 0.1) is 0 Å². The van der Waals surface area contributed by atoms with Gasteiger partial charge >= 0.3 is 6.01 Å². The highest BCUT2D eigenvalue weighted by Gasteiger charge is 2.09. The number of carbonyl (C=O) groups is 1. The van der Waals surface area contributed by atoms with Gasteiger partial charge in [-0.1, -0.05) is 66.1 Å². The van der Waals surface area contributed by atoms with Gasteiger partial charge in [0.05, 0.1) is 6.42 Å². The van der Waals surface area contributed by atoms with Gasteiger partial charge < -0.3 is 4.42 Å². The minimum absolute atomic E-state index is 0.0685. The Kier molecular flexibility index (Phi) is 5.81. The highest BCUT2D eigenvalue weighted by Crippen LogP contribution is 2.16. The van der Waals surface area contributed by atoms with Gasteiger partial charge in [0, 0.05) is 11.1 Å². The number of nitrogens with one attached hydrogen (secondary N) is 1. The van der Waals surface area contributed by atoms with Crippen LogP contribution >= 0.6 is 11.6 Å². The van der Waals surface area contributed by atoms with E-state index in [1.54, 1.807) is 12.1 Å². The second kappa shape index (κ2) is 8.45. The minimum Gasteiger partial charge on any atom is -0.407 e. The summed E-state index contributed by atoms with van der Waals surface area (Å²) in [5.74, 6) is 0.0760. The smallest absolute Gasteiger partial charge is 0.322 e. The summed E-state index contributed by atoms with van der Waals surface area (Å²) in [4.78, 5) is 12.0. The summed E-state index contributed by atoms with van der Waals surface area (Å²) in [5, 5.41) is 10.9. The molecule has 0 saturated carbocycles. The number of halogens is 1. The summed E-state index contributed by atoms with van der Waals surface area (Å²) in [6.45, 7) is 2.11. The third-order valence-electron chi connectivity index (χ3n) is 3.80. The van der Waals surface area contributed by atoms with Gasteiger partial charge in [0.25, 0.3) is 5.91 Å². The Morgan fingerprint density at radius 1 is 1.12 bits per heavy atom. The quantitative estimate of drug-likeness (QED) is 0.650. The van der Waals surface area contributed by atoms with Crippen molar-refractivity contribution in [3.8, 4) is 0 Å². The van der Waals surface area contributed by atoms with Gasteiger partial charge in [-0.25, -0.2) is 0 Å². The molecule has 0 aliphatic rings. The first-order valence-electron chi connectivity index (χ1n) is 8.28. The Morgan fingerprint density at radius 2 is 1.85 bits per heavy atom. The molecule has 0 atom stereocenters. The van der Waals surface area contributed by atoms with Crippen molar-refractivity contribution in [2.24, 2.45) is 0 Å². The van der Waals surface area contributed by atoms with E-state index >= 15 is 0 Å². The molecule has 2 aromatic carbocycles. The first-order valence-corrected chi connectivity index (χ1v) is 8.65. The van der Waals surface area contributed by atoms with Crippen LogP contribution < -0.4 is 5.32 Å². The van der Waals surface area contributed by atoms with Crippen molar-refractivity contribution < 1.29 is 9.21 Å². The highest BCUT2D eigenvalue weighted by molar-refractivity contribution is 6.32. The molecule has 3 aromatic rings. The van der Waals surface area contributed by atoms with Crippen molar-refractivity contribution in [2.75, 3.05) is 5.32 Å². The van der Waals surface area contributed by atoms with E-state index < -0.39 is 0 Å². The number of aryl methyl sites for hydroxylation is 1. The molecule has 1 aromatic heterocycles. The van der Waals surface area contributed by atoms with Gasteiger partial charge in [0.2, 0.25) is 5.89 Å². The highest BCUT2D eigenvalue weighted by atomic mass is 35.5. The van der Waals surface area contributed by atoms with Crippen molar-refractivity contribution in [3.05, 3.63) is 82.2 Å². The molecule has 5 nitrogen and oxygen atoms in total. The van der Waals surface area contributed by atoms with Crippen molar-refractivity contribution in [1.82, 2.24) is 10.2 Å². The number of hydrogen-bond donors (Lipinski definition) is 1. The number of rotatable bonds is 6. The topological polar surface area (TPSA) is 68.0 Å². The lowest BCUT2D eigenvalue weighted by atomic mass is 10.1. The first kappa shape index (κ1) is 17.9. The number of anilines is 1. The predicted octanol–water partition coefficient (Wildman–Crippen LogP) is 4.53. The largest absolute Gasteiger partial charge is 0.407 e. The Bertz CT molecular complexity index is 917. The Balaban J connectivity index is 1.59. The average molecular weight is 368 g/mol. The number of amides is 1. The van der Waals surface area contributed by atoms with E-state index in [2.05, 4.69) is 34.6 Å². The molecule has 0 spiro atoms. The molecule has 132 valence electrons. The molecule has 26 heavy (non-hydrogen) atoms. The van der Waals surface area contributed by atoms with Gasteiger partial charge in [-0.15, -0.1) is 5.10 Å². The Morgan fingerprint density at radius 3 is 2.58 bits per heavy atom. The summed E-state index contributed by atoms with van der Waals surface area (Å²) < 4.78 is 5.48. The van der Waals surface area contributed by atoms with Crippen LogP contribution in [-0.4, -0.2) is 16.1 Å². The zero-order chi connectivity index (χ0) is 18.4. The fourth-order valence-corrected chi connectivity index (χ4v) is 2.56. The monoisotopic (exact) mass is 367 g/mol. The summed E-state index contributed by atoms with van der Waals surface area (Å²) in [7, 11) is 0. The van der Waals surface area contributed by atoms with Crippen LogP contribution in [0.15, 0.2) is 59.0 Å². The van der Waals surface area contributed by atoms with Crippen LogP contribution in [0.2, 0.25) is 5.02 Å². The lowest BCUT2D eigenvalue weighted by Crippen LogP contribution is -2.07. The van der Waals surface area contributed by atoms with Gasteiger partial charge in [-0.2, -0.15) is 0 Å². The number of carbonyl (C=O) groups excluding carboxylic acids is 1. The summed E-state index contributed by atoms with van der Waals surface area (Å²) in [5.41, 5.74) is 3.10. The molecule has 0 bridgehead atoms. The minimum atomic E-state index is -0.368. The molecule has 0 aliphatic carbocycles. The standard InChI is InChI=1S/C20H18ClN3O2/c1-2-14-7-9-15(10-8-14)13-19-23-24-20(26-19)22-18(25)12-11-16-5-3-4-6-17(16)21/h3-12H,2,13H2,1H3,(H,22,24,25)/b12-11+. The maximum atomic E-state index is 12.0. The second-order valence-electron chi connectivity index (χ2n) is 5.69. The van der Waals surface area contributed by atoms with Gasteiger partial charge in [0.1, 0.15) is 0 Å². The van der Waals surface area contributed by atoms with Crippen LogP contribution in [-0.2, 0) is 17.6 Å². The molecule has 0 unspecified atom stereocenters. The fourth-order valence-electron chi connectivity index (χ4n) is 2.37. The van der Waals surface area contributed by atoms with E-state index in [1.165, 1.54) is 11.6 Å². The Hall–Kier alpha value is -2.92. The van der Waals surface area contributed by atoms with Crippen LogP contribution in [0.25, 0.3) is 6.08 Å². The van der Waals surface area contributed by atoms with Crippen molar-refractivity contribution in [3.63, 3.8) is 0 Å². The maximum Gasteiger partial charge on any atom is 0.322 e. The zero-order valence-corrected chi connectivity index (χ0v) is 15.0. The van der Waals surface area contributed by atoms with Crippen LogP contribution in [0.3, 0.4) is 0 Å². The van der Waals surface area contributed by atoms with Crippen LogP contribution in [0.4, 0.5) is 6.01 Å². The maximum absolute atomic E-state index is 12.0. The molecule has 1 amide bonds. The fraction of sp³-hybridized carbons (Fsp3) is 0.150. The lowest BCUT2D eigenvalue weighted by molar-refractivity contribution is -0.112. The molecular weight excluding hydrogens is 350 g/mol. The molecular formula is C20H18ClN3O2. The van der Waals surface area contributed by atoms with E-state index in [0.717, 1.165) is 17.5 Å². The number of benzene rings is 2. The van der Waals surface area contributed by atoms with E-state index in [4.69, 9.17) is 16.0 Å². The zero-order valence-electron chi connectivity index (χ0n) is 14.3. The number of aromatic nitrogens is 2. The van der Waals surface area contributed by atoms with Gasteiger partial charge in [-0.3, -0.25) is 10.1 Å². The van der Waals surface area contributed by atoms with Crippen molar-refractivity contribution in [1.29, 1.82) is 0 Å². The average Bonchev–Trinajstić information content (AvgIpc) is 3.08. The molecule has 0 fully saturated rings. The predicted molar refractivity (Wildman–Crippen MR) is 102 cm³/mol. The van der Waals surface area contributed by atoms with Crippen LogP contribution in [0.1, 0.15) is 29.5 Å². The second-order valence-corrected chi connectivity index (χ2v) is 6.10. The summed E-state index contributed by atoms with van der Waals surface area (Å²) >= 11 is 6.04. The van der Waals surface area contributed by atoms with Gasteiger partial charge in [0.15, 0.2) is 0 Å². The third-order valence-corrected chi connectivity index (χ3v) is 4.15. The van der Waals surface area contributed by atoms with E-state index in [0.29, 0.717) is 17.3 Å². The van der Waals surface area contributed by atoms with Crippen LogP contribution in [0.5, 0.6) is 0 Å². The number of hydrogen-bond acceptors (Lipinski definition) is 4. The molecule has 1 heterocycles. The van der Waals surface area contributed by atoms with Crippen molar-refractivity contribution >= 4 is 29.6 Å². The molecule has 6 heteroatoms. The number of nitrogens with zero attached hydrogens (tertiary/aromatic N) is 2. The first-order chi connectivity index (χ1) is 12.6. The van der Waals surface area contributed by atoms with E-state index in [1.807, 2.05) is 30.3 Å². The SMILES string of the molecule is CCc1ccc(Cc2nnc(NC(=O)/C=C/c3ccccc3Cl)o2)cc1. The summed E-state index contributed by atoms with van der Waals surface area (Å²) in [6.07, 6.45) is 4.51. The molecule has 0 saturated heterocycles.